The van der Waals surface area contributed by atoms with Crippen LogP contribution in [-0.2, 0) is 6.54 Å². The Bertz CT molecular complexity index is 355. The van der Waals surface area contributed by atoms with Gasteiger partial charge in [-0.3, -0.25) is 9.80 Å². The normalized spacial score (nSPS) is 18.1. The second-order valence-electron chi connectivity index (χ2n) is 5.93. The number of rotatable bonds is 6. The molecule has 0 aliphatic carbocycles. The summed E-state index contributed by atoms with van der Waals surface area (Å²) in [6.07, 6.45) is 1.75. The maximum absolute atomic E-state index is 5.46. The van der Waals surface area contributed by atoms with Crippen LogP contribution < -0.4 is 5.32 Å². The van der Waals surface area contributed by atoms with Gasteiger partial charge in [-0.05, 0) is 32.5 Å². The third kappa shape index (κ3) is 4.06. The molecule has 108 valence electrons. The molecule has 2 rings (SSSR count). The fourth-order valence-corrected chi connectivity index (χ4v) is 2.82. The van der Waals surface area contributed by atoms with Gasteiger partial charge in [0.1, 0.15) is 5.76 Å². The maximum atomic E-state index is 5.46. The van der Waals surface area contributed by atoms with Crippen molar-refractivity contribution in [2.24, 2.45) is 0 Å². The van der Waals surface area contributed by atoms with Crippen LogP contribution in [0.4, 0.5) is 0 Å². The summed E-state index contributed by atoms with van der Waals surface area (Å²) in [6.45, 7) is 14.4. The molecule has 19 heavy (non-hydrogen) atoms. The van der Waals surface area contributed by atoms with Crippen molar-refractivity contribution >= 4 is 0 Å². The van der Waals surface area contributed by atoms with Crippen molar-refractivity contribution in [2.75, 3.05) is 39.3 Å². The molecule has 0 radical (unpaired) electrons. The smallest absolute Gasteiger partial charge is 0.117 e. The molecular formula is C15H27N3O. The van der Waals surface area contributed by atoms with Gasteiger partial charge in [-0.15, -0.1) is 0 Å². The first-order chi connectivity index (χ1) is 9.12. The quantitative estimate of drug-likeness (QED) is 0.850. The van der Waals surface area contributed by atoms with E-state index in [2.05, 4.69) is 42.0 Å². The summed E-state index contributed by atoms with van der Waals surface area (Å²) >= 11 is 0. The SMILES string of the molecule is CCN(Cc1ccco1)CC(C)(C)N1CCNCC1. The third-order valence-electron chi connectivity index (χ3n) is 3.99. The third-order valence-corrected chi connectivity index (χ3v) is 3.99. The van der Waals surface area contributed by atoms with Crippen molar-refractivity contribution in [1.82, 2.24) is 15.1 Å². The molecule has 1 saturated heterocycles. The number of hydrogen-bond donors (Lipinski definition) is 1. The summed E-state index contributed by atoms with van der Waals surface area (Å²) in [5, 5.41) is 3.42. The average molecular weight is 265 g/mol. The molecule has 4 heteroatoms. The lowest BCUT2D eigenvalue weighted by Crippen LogP contribution is -2.57. The van der Waals surface area contributed by atoms with Crippen LogP contribution in [0.25, 0.3) is 0 Å². The molecule has 1 N–H and O–H groups in total. The van der Waals surface area contributed by atoms with Gasteiger partial charge in [-0.1, -0.05) is 6.92 Å². The number of hydrogen-bond acceptors (Lipinski definition) is 4. The summed E-state index contributed by atoms with van der Waals surface area (Å²) in [7, 11) is 0. The lowest BCUT2D eigenvalue weighted by Gasteiger charge is -2.43. The molecule has 1 aromatic rings. The highest BCUT2D eigenvalue weighted by molar-refractivity contribution is 4.98. The van der Waals surface area contributed by atoms with E-state index >= 15 is 0 Å². The molecule has 1 fully saturated rings. The number of nitrogens with one attached hydrogen (secondary N) is 1. The zero-order chi connectivity index (χ0) is 13.7. The first kappa shape index (κ1) is 14.6. The van der Waals surface area contributed by atoms with Crippen molar-refractivity contribution in [3.05, 3.63) is 24.2 Å². The molecule has 0 unspecified atom stereocenters. The fourth-order valence-electron chi connectivity index (χ4n) is 2.82. The van der Waals surface area contributed by atoms with Crippen molar-refractivity contribution in [1.29, 1.82) is 0 Å². The van der Waals surface area contributed by atoms with E-state index in [1.54, 1.807) is 6.26 Å². The van der Waals surface area contributed by atoms with Gasteiger partial charge < -0.3 is 9.73 Å². The summed E-state index contributed by atoms with van der Waals surface area (Å²) in [5.41, 5.74) is 0.213. The van der Waals surface area contributed by atoms with Crippen LogP contribution in [0.15, 0.2) is 22.8 Å². The van der Waals surface area contributed by atoms with E-state index in [1.165, 1.54) is 0 Å². The predicted molar refractivity (Wildman–Crippen MR) is 78.2 cm³/mol. The maximum Gasteiger partial charge on any atom is 0.117 e. The highest BCUT2D eigenvalue weighted by Crippen LogP contribution is 2.18. The molecule has 0 aromatic carbocycles. The van der Waals surface area contributed by atoms with Gasteiger partial charge in [-0.2, -0.15) is 0 Å². The molecule has 1 aliphatic rings. The van der Waals surface area contributed by atoms with Crippen molar-refractivity contribution in [2.45, 2.75) is 32.9 Å². The predicted octanol–water partition coefficient (Wildman–Crippen LogP) is 1.79. The molecule has 0 bridgehead atoms. The second-order valence-corrected chi connectivity index (χ2v) is 5.93. The van der Waals surface area contributed by atoms with Crippen molar-refractivity contribution in [3.63, 3.8) is 0 Å². The van der Waals surface area contributed by atoms with Crippen LogP contribution in [0.5, 0.6) is 0 Å². The molecular weight excluding hydrogens is 238 g/mol. The van der Waals surface area contributed by atoms with E-state index < -0.39 is 0 Å². The Labute approximate surface area is 116 Å². The Balaban J connectivity index is 1.92. The van der Waals surface area contributed by atoms with Gasteiger partial charge in [0.15, 0.2) is 0 Å². The summed E-state index contributed by atoms with van der Waals surface area (Å²) in [4.78, 5) is 5.05. The van der Waals surface area contributed by atoms with E-state index in [1.807, 2.05) is 6.07 Å². The Morgan fingerprint density at radius 2 is 2.11 bits per heavy atom. The van der Waals surface area contributed by atoms with Crippen LogP contribution in [-0.4, -0.2) is 54.6 Å². The van der Waals surface area contributed by atoms with Crippen molar-refractivity contribution in [3.8, 4) is 0 Å². The zero-order valence-electron chi connectivity index (χ0n) is 12.5. The van der Waals surface area contributed by atoms with Crippen LogP contribution in [0.1, 0.15) is 26.5 Å². The monoisotopic (exact) mass is 265 g/mol. The first-order valence-corrected chi connectivity index (χ1v) is 7.32. The second kappa shape index (κ2) is 6.55. The lowest BCUT2D eigenvalue weighted by atomic mass is 10.0. The van der Waals surface area contributed by atoms with Gasteiger partial charge in [0.2, 0.25) is 0 Å². The minimum absolute atomic E-state index is 0.213. The van der Waals surface area contributed by atoms with E-state index in [4.69, 9.17) is 4.42 Å². The molecule has 1 aliphatic heterocycles. The standard InChI is InChI=1S/C15H27N3O/c1-4-17(12-14-6-5-11-19-14)13-15(2,3)18-9-7-16-8-10-18/h5-6,11,16H,4,7-10,12-13H2,1-3H3. The number of likely N-dealkylation sites (N-methyl/N-ethyl adjacent to an activating group) is 1. The van der Waals surface area contributed by atoms with E-state index in [0.717, 1.165) is 51.6 Å². The first-order valence-electron chi connectivity index (χ1n) is 7.32. The summed E-state index contributed by atoms with van der Waals surface area (Å²) in [5.74, 6) is 1.05. The highest BCUT2D eigenvalue weighted by Gasteiger charge is 2.29. The summed E-state index contributed by atoms with van der Waals surface area (Å²) in [6, 6.07) is 4.02. The van der Waals surface area contributed by atoms with Gasteiger partial charge in [0.05, 0.1) is 12.8 Å². The van der Waals surface area contributed by atoms with Crippen LogP contribution >= 0.6 is 0 Å². The number of nitrogens with zero attached hydrogens (tertiary/aromatic N) is 2. The van der Waals surface area contributed by atoms with Gasteiger partial charge >= 0.3 is 0 Å². The zero-order valence-corrected chi connectivity index (χ0v) is 12.5. The molecule has 2 heterocycles. The molecule has 0 spiro atoms. The molecule has 0 saturated carbocycles. The van der Waals surface area contributed by atoms with E-state index in [-0.39, 0.29) is 5.54 Å². The minimum atomic E-state index is 0.213. The molecule has 0 atom stereocenters. The number of piperazine rings is 1. The number of furan rings is 1. The van der Waals surface area contributed by atoms with Crippen LogP contribution in [0, 0.1) is 0 Å². The largest absolute Gasteiger partial charge is 0.468 e. The average Bonchev–Trinajstić information content (AvgIpc) is 2.91. The van der Waals surface area contributed by atoms with Gasteiger partial charge in [0.25, 0.3) is 0 Å². The molecule has 1 aromatic heterocycles. The van der Waals surface area contributed by atoms with Crippen LogP contribution in [0.3, 0.4) is 0 Å². The molecule has 4 nitrogen and oxygen atoms in total. The Kier molecular flexibility index (Phi) is 5.02. The van der Waals surface area contributed by atoms with Gasteiger partial charge in [-0.25, -0.2) is 0 Å². The minimum Gasteiger partial charge on any atom is -0.468 e. The lowest BCUT2D eigenvalue weighted by molar-refractivity contribution is 0.0601. The van der Waals surface area contributed by atoms with Crippen molar-refractivity contribution < 1.29 is 4.42 Å². The van der Waals surface area contributed by atoms with E-state index in [0.29, 0.717) is 0 Å². The van der Waals surface area contributed by atoms with Gasteiger partial charge in [0, 0.05) is 38.3 Å². The van der Waals surface area contributed by atoms with E-state index in [9.17, 15) is 0 Å². The topological polar surface area (TPSA) is 31.7 Å². The highest BCUT2D eigenvalue weighted by atomic mass is 16.3. The molecule has 0 amide bonds. The summed E-state index contributed by atoms with van der Waals surface area (Å²) < 4.78 is 5.46. The Morgan fingerprint density at radius 3 is 2.68 bits per heavy atom. The Hall–Kier alpha value is -0.840. The Morgan fingerprint density at radius 1 is 1.37 bits per heavy atom. The fraction of sp³-hybridized carbons (Fsp3) is 0.733. The van der Waals surface area contributed by atoms with Crippen LogP contribution in [0.2, 0.25) is 0 Å².